The van der Waals surface area contributed by atoms with Crippen LogP contribution >= 0.6 is 0 Å². The van der Waals surface area contributed by atoms with Crippen molar-refractivity contribution in [1.29, 1.82) is 0 Å². The maximum absolute atomic E-state index is 14.9. The Kier molecular flexibility index (Phi) is 5.90. The summed E-state index contributed by atoms with van der Waals surface area (Å²) in [7, 11) is 0. The predicted molar refractivity (Wildman–Crippen MR) is 118 cm³/mol. The van der Waals surface area contributed by atoms with Gasteiger partial charge in [-0.2, -0.15) is 13.2 Å². The van der Waals surface area contributed by atoms with Gasteiger partial charge in [0.05, 0.1) is 22.7 Å². The summed E-state index contributed by atoms with van der Waals surface area (Å²) in [4.78, 5) is 27.6. The van der Waals surface area contributed by atoms with Crippen LogP contribution < -0.4 is 4.74 Å². The van der Waals surface area contributed by atoms with Crippen molar-refractivity contribution in [2.75, 3.05) is 0 Å². The normalized spacial score (nSPS) is 23.5. The Morgan fingerprint density at radius 3 is 2.51 bits per heavy atom. The van der Waals surface area contributed by atoms with Crippen LogP contribution in [-0.4, -0.2) is 43.9 Å². The number of benzene rings is 1. The summed E-state index contributed by atoms with van der Waals surface area (Å²) in [6, 6.07) is 7.65. The fourth-order valence-electron chi connectivity index (χ4n) is 5.32. The average Bonchev–Trinajstić information content (AvgIpc) is 3.41. The largest absolute Gasteiger partial charge is 0.472 e. The molecule has 6 nitrogen and oxygen atoms in total. The van der Waals surface area contributed by atoms with Crippen LogP contribution in [0.2, 0.25) is 0 Å². The van der Waals surface area contributed by atoms with E-state index < -0.39 is 23.7 Å². The highest BCUT2D eigenvalue weighted by Gasteiger charge is 2.54. The molecule has 1 saturated carbocycles. The summed E-state index contributed by atoms with van der Waals surface area (Å²) in [5.74, 6) is -0.590. The van der Waals surface area contributed by atoms with E-state index in [1.54, 1.807) is 17.0 Å². The Morgan fingerprint density at radius 2 is 1.86 bits per heavy atom. The van der Waals surface area contributed by atoms with Crippen LogP contribution in [0.5, 0.6) is 5.88 Å². The van der Waals surface area contributed by atoms with Gasteiger partial charge in [0.1, 0.15) is 11.9 Å². The molecule has 182 valence electrons. The number of halogens is 4. The predicted octanol–water partition coefficient (Wildman–Crippen LogP) is 5.16. The van der Waals surface area contributed by atoms with Gasteiger partial charge in [0, 0.05) is 30.7 Å². The summed E-state index contributed by atoms with van der Waals surface area (Å²) in [6.45, 7) is 1.99. The minimum Gasteiger partial charge on any atom is -0.472 e. The minimum absolute atomic E-state index is 0.0394. The van der Waals surface area contributed by atoms with Crippen molar-refractivity contribution in [3.8, 4) is 17.3 Å². The van der Waals surface area contributed by atoms with E-state index in [9.17, 15) is 22.4 Å². The third kappa shape index (κ3) is 4.21. The third-order valence-electron chi connectivity index (χ3n) is 6.79. The van der Waals surface area contributed by atoms with Crippen LogP contribution in [0.4, 0.5) is 17.6 Å². The molecule has 3 heterocycles. The molecule has 2 aromatic heterocycles. The molecule has 0 unspecified atom stereocenters. The van der Waals surface area contributed by atoms with E-state index in [0.29, 0.717) is 19.3 Å². The molecular formula is C25H22F4N4O2. The number of rotatable bonds is 5. The molecule has 1 amide bonds. The molecule has 0 radical (unpaired) electrons. The number of nitrogens with zero attached hydrogens (tertiary/aromatic N) is 4. The molecule has 2 fully saturated rings. The highest BCUT2D eigenvalue weighted by molar-refractivity contribution is 6.01. The number of likely N-dealkylation sites (tertiary alicyclic amines) is 1. The van der Waals surface area contributed by atoms with Crippen LogP contribution in [0.25, 0.3) is 11.4 Å². The van der Waals surface area contributed by atoms with Crippen molar-refractivity contribution < 1.29 is 27.1 Å². The summed E-state index contributed by atoms with van der Waals surface area (Å²) in [6.07, 6.45) is 0.855. The van der Waals surface area contributed by atoms with Crippen LogP contribution in [0.15, 0.2) is 55.0 Å². The SMILES string of the molecule is CC[C@@H]1[C@H]2C[C@@H](Oc3ccc(C(F)(F)F)cn3)[C@H](C2)N1C(=O)c1cccc(F)c1-c1ncccn1. The van der Waals surface area contributed by atoms with Gasteiger partial charge >= 0.3 is 6.18 Å². The van der Waals surface area contributed by atoms with E-state index in [1.807, 2.05) is 6.92 Å². The number of ether oxygens (including phenoxy) is 1. The molecule has 3 aromatic rings. The summed E-state index contributed by atoms with van der Waals surface area (Å²) in [5.41, 5.74) is -0.659. The van der Waals surface area contributed by atoms with Crippen LogP contribution in [0, 0.1) is 11.7 Å². The van der Waals surface area contributed by atoms with Crippen molar-refractivity contribution in [2.24, 2.45) is 5.92 Å². The Balaban J connectivity index is 1.43. The Morgan fingerprint density at radius 1 is 1.09 bits per heavy atom. The lowest BCUT2D eigenvalue weighted by atomic mass is 9.94. The van der Waals surface area contributed by atoms with Gasteiger partial charge in [-0.3, -0.25) is 4.79 Å². The van der Waals surface area contributed by atoms with Gasteiger partial charge in [-0.25, -0.2) is 19.3 Å². The van der Waals surface area contributed by atoms with E-state index in [2.05, 4.69) is 15.0 Å². The molecule has 1 saturated heterocycles. The topological polar surface area (TPSA) is 68.2 Å². The van der Waals surface area contributed by atoms with Crippen molar-refractivity contribution in [3.05, 3.63) is 71.9 Å². The van der Waals surface area contributed by atoms with Crippen molar-refractivity contribution in [3.63, 3.8) is 0 Å². The number of amides is 1. The van der Waals surface area contributed by atoms with Crippen LogP contribution in [0.3, 0.4) is 0 Å². The maximum atomic E-state index is 14.9. The average molecular weight is 486 g/mol. The number of carbonyl (C=O) groups excluding carboxylic acids is 1. The number of piperidine rings is 1. The molecule has 2 bridgehead atoms. The lowest BCUT2D eigenvalue weighted by Gasteiger charge is -2.39. The standard InChI is InChI=1S/C25H22F4N4O2/c1-2-18-14-11-19(20(12-14)35-21-8-7-15(13-32-21)25(27,28)29)33(18)24(34)16-5-3-6-17(26)22(16)23-30-9-4-10-31-23/h3-10,13-14,18-20H,2,11-12H2,1H3/t14-,18-,19+,20-/m1/s1. The lowest BCUT2D eigenvalue weighted by molar-refractivity contribution is -0.137. The number of aromatic nitrogens is 3. The summed E-state index contributed by atoms with van der Waals surface area (Å²) < 4.78 is 59.4. The van der Waals surface area contributed by atoms with E-state index in [1.165, 1.54) is 30.6 Å². The van der Waals surface area contributed by atoms with Crippen LogP contribution in [0.1, 0.15) is 42.1 Å². The van der Waals surface area contributed by atoms with E-state index in [4.69, 9.17) is 4.74 Å². The van der Waals surface area contributed by atoms with E-state index in [-0.39, 0.29) is 46.7 Å². The van der Waals surface area contributed by atoms with Gasteiger partial charge in [-0.1, -0.05) is 13.0 Å². The zero-order chi connectivity index (χ0) is 24.7. The molecule has 5 rings (SSSR count). The first kappa shape index (κ1) is 23.2. The minimum atomic E-state index is -4.49. The third-order valence-corrected chi connectivity index (χ3v) is 6.79. The van der Waals surface area contributed by atoms with Crippen molar-refractivity contribution >= 4 is 5.91 Å². The summed E-state index contributed by atoms with van der Waals surface area (Å²) >= 11 is 0. The second-order valence-electron chi connectivity index (χ2n) is 8.76. The fourth-order valence-corrected chi connectivity index (χ4v) is 5.32. The first-order chi connectivity index (χ1) is 16.8. The number of pyridine rings is 1. The molecule has 1 aliphatic heterocycles. The van der Waals surface area contributed by atoms with E-state index >= 15 is 0 Å². The number of carbonyl (C=O) groups is 1. The smallest absolute Gasteiger partial charge is 0.417 e. The summed E-state index contributed by atoms with van der Waals surface area (Å²) in [5, 5.41) is 0. The van der Waals surface area contributed by atoms with Gasteiger partial charge in [-0.15, -0.1) is 0 Å². The molecule has 2 aliphatic rings. The maximum Gasteiger partial charge on any atom is 0.417 e. The molecule has 1 aromatic carbocycles. The zero-order valence-corrected chi connectivity index (χ0v) is 18.7. The molecule has 4 atom stereocenters. The van der Waals surface area contributed by atoms with Crippen LogP contribution in [-0.2, 0) is 6.18 Å². The Hall–Kier alpha value is -3.56. The van der Waals surface area contributed by atoms with Gasteiger partial charge in [-0.05, 0) is 49.4 Å². The molecule has 0 spiro atoms. The van der Waals surface area contributed by atoms with E-state index in [0.717, 1.165) is 12.3 Å². The monoisotopic (exact) mass is 486 g/mol. The fraction of sp³-hybridized carbons (Fsp3) is 0.360. The first-order valence-corrected chi connectivity index (χ1v) is 11.4. The van der Waals surface area contributed by atoms with Gasteiger partial charge in [0.2, 0.25) is 5.88 Å². The zero-order valence-electron chi connectivity index (χ0n) is 18.7. The highest BCUT2D eigenvalue weighted by Crippen LogP contribution is 2.46. The molecule has 35 heavy (non-hydrogen) atoms. The molecule has 10 heteroatoms. The van der Waals surface area contributed by atoms with Crippen molar-refractivity contribution in [2.45, 2.75) is 50.6 Å². The molecular weight excluding hydrogens is 464 g/mol. The number of fused-ring (bicyclic) bond motifs is 2. The van der Waals surface area contributed by atoms with Gasteiger partial charge in [0.15, 0.2) is 5.82 Å². The Labute approximate surface area is 199 Å². The van der Waals surface area contributed by atoms with Gasteiger partial charge < -0.3 is 9.64 Å². The Bertz CT molecular complexity index is 1220. The second-order valence-corrected chi connectivity index (χ2v) is 8.76. The van der Waals surface area contributed by atoms with Crippen molar-refractivity contribution in [1.82, 2.24) is 19.9 Å². The number of alkyl halides is 3. The molecule has 0 N–H and O–H groups in total. The lowest BCUT2D eigenvalue weighted by Crippen LogP contribution is -2.52. The quantitative estimate of drug-likeness (QED) is 0.466. The number of hydrogen-bond donors (Lipinski definition) is 0. The highest BCUT2D eigenvalue weighted by atomic mass is 19.4. The number of hydrogen-bond acceptors (Lipinski definition) is 5. The second kappa shape index (κ2) is 8.90. The molecule has 1 aliphatic carbocycles. The first-order valence-electron chi connectivity index (χ1n) is 11.4. The van der Waals surface area contributed by atoms with Gasteiger partial charge in [0.25, 0.3) is 5.91 Å².